The molecule has 100 valence electrons. The van der Waals surface area contributed by atoms with Crippen LogP contribution in [0.25, 0.3) is 0 Å². The van der Waals surface area contributed by atoms with Gasteiger partial charge in [0.05, 0.1) is 18.2 Å². The summed E-state index contributed by atoms with van der Waals surface area (Å²) in [6.07, 6.45) is 5.37. The standard InChI is InChI=1S/C13H21N3O2/c1-9(2)18-13-7-12(14-8-15-13)16-10-5-3-4-6-11(10)17/h7-11,17H,3-6H2,1-2H3,(H,14,15,16). The summed E-state index contributed by atoms with van der Waals surface area (Å²) in [6.45, 7) is 3.92. The van der Waals surface area contributed by atoms with Gasteiger partial charge in [-0.1, -0.05) is 12.8 Å². The molecule has 1 aromatic heterocycles. The van der Waals surface area contributed by atoms with Crippen molar-refractivity contribution >= 4 is 5.82 Å². The van der Waals surface area contributed by atoms with Gasteiger partial charge < -0.3 is 15.2 Å². The zero-order valence-corrected chi connectivity index (χ0v) is 11.0. The van der Waals surface area contributed by atoms with Crippen LogP contribution in [-0.4, -0.2) is 33.3 Å². The predicted molar refractivity (Wildman–Crippen MR) is 69.7 cm³/mol. The van der Waals surface area contributed by atoms with Gasteiger partial charge in [-0.3, -0.25) is 0 Å². The second-order valence-electron chi connectivity index (χ2n) is 5.01. The number of rotatable bonds is 4. The molecule has 1 aromatic rings. The highest BCUT2D eigenvalue weighted by Gasteiger charge is 2.23. The molecule has 1 heterocycles. The van der Waals surface area contributed by atoms with E-state index in [0.29, 0.717) is 11.7 Å². The van der Waals surface area contributed by atoms with Crippen molar-refractivity contribution in [3.63, 3.8) is 0 Å². The third kappa shape index (κ3) is 3.57. The fourth-order valence-corrected chi connectivity index (χ4v) is 2.19. The van der Waals surface area contributed by atoms with E-state index < -0.39 is 0 Å². The first-order chi connectivity index (χ1) is 8.65. The molecule has 18 heavy (non-hydrogen) atoms. The van der Waals surface area contributed by atoms with Gasteiger partial charge in [0.1, 0.15) is 12.1 Å². The molecule has 0 aliphatic heterocycles. The lowest BCUT2D eigenvalue weighted by molar-refractivity contribution is 0.116. The lowest BCUT2D eigenvalue weighted by Gasteiger charge is -2.28. The van der Waals surface area contributed by atoms with Crippen molar-refractivity contribution in [3.8, 4) is 5.88 Å². The van der Waals surface area contributed by atoms with Crippen LogP contribution in [0.1, 0.15) is 39.5 Å². The van der Waals surface area contributed by atoms with Crippen molar-refractivity contribution in [1.82, 2.24) is 9.97 Å². The molecular weight excluding hydrogens is 230 g/mol. The Morgan fingerprint density at radius 2 is 2.11 bits per heavy atom. The smallest absolute Gasteiger partial charge is 0.218 e. The molecule has 5 heteroatoms. The normalized spacial score (nSPS) is 24.0. The Morgan fingerprint density at radius 1 is 1.33 bits per heavy atom. The summed E-state index contributed by atoms with van der Waals surface area (Å²) in [5.41, 5.74) is 0. The Balaban J connectivity index is 1.99. The van der Waals surface area contributed by atoms with Gasteiger partial charge >= 0.3 is 0 Å². The minimum Gasteiger partial charge on any atom is -0.475 e. The van der Waals surface area contributed by atoms with Gasteiger partial charge in [0.2, 0.25) is 5.88 Å². The molecule has 0 spiro atoms. The summed E-state index contributed by atoms with van der Waals surface area (Å²) in [6, 6.07) is 1.86. The van der Waals surface area contributed by atoms with Gasteiger partial charge in [0.25, 0.3) is 0 Å². The number of aliphatic hydroxyl groups is 1. The molecule has 5 nitrogen and oxygen atoms in total. The predicted octanol–water partition coefficient (Wildman–Crippen LogP) is 1.98. The molecule has 0 bridgehead atoms. The molecule has 2 unspecified atom stereocenters. The fraction of sp³-hybridized carbons (Fsp3) is 0.692. The Hall–Kier alpha value is -1.36. The third-order valence-electron chi connectivity index (χ3n) is 3.06. The minimum atomic E-state index is -0.289. The maximum absolute atomic E-state index is 9.91. The van der Waals surface area contributed by atoms with Crippen molar-refractivity contribution in [3.05, 3.63) is 12.4 Å². The summed E-state index contributed by atoms with van der Waals surface area (Å²) in [5.74, 6) is 1.28. The average molecular weight is 251 g/mol. The zero-order chi connectivity index (χ0) is 13.0. The molecule has 2 rings (SSSR count). The van der Waals surface area contributed by atoms with Crippen LogP contribution < -0.4 is 10.1 Å². The number of ether oxygens (including phenoxy) is 1. The number of hydrogen-bond donors (Lipinski definition) is 2. The first kappa shape index (κ1) is 13.1. The van der Waals surface area contributed by atoms with Crippen LogP contribution in [0.2, 0.25) is 0 Å². The Morgan fingerprint density at radius 3 is 2.83 bits per heavy atom. The number of nitrogens with zero attached hydrogens (tertiary/aromatic N) is 2. The summed E-state index contributed by atoms with van der Waals surface area (Å²) in [7, 11) is 0. The second kappa shape index (κ2) is 6.00. The molecule has 1 saturated carbocycles. The molecular formula is C13H21N3O2. The highest BCUT2D eigenvalue weighted by molar-refractivity contribution is 5.38. The van der Waals surface area contributed by atoms with E-state index in [-0.39, 0.29) is 18.2 Å². The van der Waals surface area contributed by atoms with E-state index in [4.69, 9.17) is 4.74 Å². The molecule has 2 N–H and O–H groups in total. The van der Waals surface area contributed by atoms with Crippen LogP contribution in [0.5, 0.6) is 5.88 Å². The topological polar surface area (TPSA) is 67.3 Å². The van der Waals surface area contributed by atoms with E-state index in [1.807, 2.05) is 13.8 Å². The van der Waals surface area contributed by atoms with Crippen LogP contribution in [0, 0.1) is 0 Å². The summed E-state index contributed by atoms with van der Waals surface area (Å²) < 4.78 is 5.52. The summed E-state index contributed by atoms with van der Waals surface area (Å²) >= 11 is 0. The molecule has 0 aromatic carbocycles. The number of aliphatic hydroxyl groups excluding tert-OH is 1. The highest BCUT2D eigenvalue weighted by Crippen LogP contribution is 2.22. The van der Waals surface area contributed by atoms with Crippen molar-refractivity contribution in [2.75, 3.05) is 5.32 Å². The second-order valence-corrected chi connectivity index (χ2v) is 5.01. The molecule has 2 atom stereocenters. The Bertz CT molecular complexity index is 384. The fourth-order valence-electron chi connectivity index (χ4n) is 2.19. The average Bonchev–Trinajstić information content (AvgIpc) is 2.32. The lowest BCUT2D eigenvalue weighted by atomic mass is 9.93. The molecule has 1 aliphatic carbocycles. The van der Waals surface area contributed by atoms with Gasteiger partial charge in [0, 0.05) is 6.07 Å². The largest absolute Gasteiger partial charge is 0.475 e. The van der Waals surface area contributed by atoms with Gasteiger partial charge in [0.15, 0.2) is 0 Å². The van der Waals surface area contributed by atoms with Crippen LogP contribution in [0.3, 0.4) is 0 Å². The molecule has 0 radical (unpaired) electrons. The molecule has 0 saturated heterocycles. The first-order valence-electron chi connectivity index (χ1n) is 6.58. The monoisotopic (exact) mass is 251 g/mol. The van der Waals surface area contributed by atoms with Crippen LogP contribution in [-0.2, 0) is 0 Å². The number of aromatic nitrogens is 2. The van der Waals surface area contributed by atoms with Crippen molar-refractivity contribution in [1.29, 1.82) is 0 Å². The van der Waals surface area contributed by atoms with Crippen LogP contribution in [0.4, 0.5) is 5.82 Å². The van der Waals surface area contributed by atoms with E-state index in [0.717, 1.165) is 25.7 Å². The molecule has 1 fully saturated rings. The quantitative estimate of drug-likeness (QED) is 0.856. The SMILES string of the molecule is CC(C)Oc1cc(NC2CCCCC2O)ncn1. The molecule has 0 amide bonds. The lowest BCUT2D eigenvalue weighted by Crippen LogP contribution is -2.36. The van der Waals surface area contributed by atoms with E-state index in [1.54, 1.807) is 6.07 Å². The number of anilines is 1. The van der Waals surface area contributed by atoms with E-state index in [1.165, 1.54) is 6.33 Å². The van der Waals surface area contributed by atoms with Crippen LogP contribution in [0.15, 0.2) is 12.4 Å². The number of hydrogen-bond acceptors (Lipinski definition) is 5. The Kier molecular flexibility index (Phi) is 4.36. The number of nitrogens with one attached hydrogen (secondary N) is 1. The van der Waals surface area contributed by atoms with E-state index in [9.17, 15) is 5.11 Å². The van der Waals surface area contributed by atoms with Crippen LogP contribution >= 0.6 is 0 Å². The van der Waals surface area contributed by atoms with Gasteiger partial charge in [-0.15, -0.1) is 0 Å². The van der Waals surface area contributed by atoms with E-state index in [2.05, 4.69) is 15.3 Å². The maximum atomic E-state index is 9.91. The van der Waals surface area contributed by atoms with Crippen molar-refractivity contribution in [2.24, 2.45) is 0 Å². The Labute approximate surface area is 108 Å². The summed E-state index contributed by atoms with van der Waals surface area (Å²) in [5, 5.41) is 13.2. The third-order valence-corrected chi connectivity index (χ3v) is 3.06. The summed E-state index contributed by atoms with van der Waals surface area (Å²) in [4.78, 5) is 8.22. The van der Waals surface area contributed by atoms with Crippen molar-refractivity contribution in [2.45, 2.75) is 57.8 Å². The van der Waals surface area contributed by atoms with Crippen molar-refractivity contribution < 1.29 is 9.84 Å². The minimum absolute atomic E-state index is 0.0838. The van der Waals surface area contributed by atoms with E-state index >= 15 is 0 Å². The maximum Gasteiger partial charge on any atom is 0.218 e. The van der Waals surface area contributed by atoms with Gasteiger partial charge in [-0.25, -0.2) is 9.97 Å². The first-order valence-corrected chi connectivity index (χ1v) is 6.58. The molecule has 1 aliphatic rings. The van der Waals surface area contributed by atoms with Gasteiger partial charge in [-0.05, 0) is 26.7 Å². The zero-order valence-electron chi connectivity index (χ0n) is 11.0. The van der Waals surface area contributed by atoms with Gasteiger partial charge in [-0.2, -0.15) is 0 Å². The highest BCUT2D eigenvalue weighted by atomic mass is 16.5.